The summed E-state index contributed by atoms with van der Waals surface area (Å²) >= 11 is 3.16. The van der Waals surface area contributed by atoms with Crippen molar-refractivity contribution in [2.75, 3.05) is 6.54 Å². The van der Waals surface area contributed by atoms with Crippen molar-refractivity contribution in [3.05, 3.63) is 28.2 Å². The molecule has 1 aromatic rings. The zero-order valence-corrected chi connectivity index (χ0v) is 14.0. The van der Waals surface area contributed by atoms with Crippen LogP contribution in [0, 0.1) is 5.41 Å². The predicted molar refractivity (Wildman–Crippen MR) is 79.0 cm³/mol. The molecule has 1 amide bonds. The van der Waals surface area contributed by atoms with Gasteiger partial charge in [-0.25, -0.2) is 8.42 Å². The molecular weight excluding hydrogens is 354 g/mol. The molecule has 106 valence electrons. The van der Waals surface area contributed by atoms with Crippen LogP contribution in [0.1, 0.15) is 31.1 Å². The third-order valence-electron chi connectivity index (χ3n) is 2.19. The van der Waals surface area contributed by atoms with Crippen LogP contribution in [0.3, 0.4) is 0 Å². The summed E-state index contributed by atoms with van der Waals surface area (Å²) in [5.41, 5.74) is 0.195. The molecule has 0 radical (unpaired) electrons. The van der Waals surface area contributed by atoms with Gasteiger partial charge in [-0.05, 0) is 23.6 Å². The summed E-state index contributed by atoms with van der Waals surface area (Å²) in [5.74, 6) is -0.335. The number of hydrogen-bond acceptors (Lipinski definition) is 3. The highest BCUT2D eigenvalue weighted by Gasteiger charge is 2.17. The molecule has 4 nitrogen and oxygen atoms in total. The fourth-order valence-electron chi connectivity index (χ4n) is 1.28. The van der Waals surface area contributed by atoms with Crippen LogP contribution in [-0.4, -0.2) is 20.9 Å². The molecule has 0 aliphatic rings. The number of nitrogens with one attached hydrogen (secondary N) is 1. The smallest absolute Gasteiger partial charge is 0.261 e. The first-order valence-corrected chi connectivity index (χ1v) is 8.63. The second-order valence-electron chi connectivity index (χ2n) is 5.36. The number of rotatable bonds is 3. The zero-order chi connectivity index (χ0) is 14.8. The van der Waals surface area contributed by atoms with E-state index in [1.807, 2.05) is 20.8 Å². The van der Waals surface area contributed by atoms with Gasteiger partial charge in [0.2, 0.25) is 0 Å². The van der Waals surface area contributed by atoms with Gasteiger partial charge in [-0.2, -0.15) is 0 Å². The lowest BCUT2D eigenvalue weighted by molar-refractivity contribution is 0.0939. The van der Waals surface area contributed by atoms with Crippen LogP contribution >= 0.6 is 26.6 Å². The Balaban J connectivity index is 3.02. The third-order valence-corrected chi connectivity index (χ3v) is 3.99. The molecule has 0 heterocycles. The van der Waals surface area contributed by atoms with Crippen molar-refractivity contribution >= 4 is 41.6 Å². The largest absolute Gasteiger partial charge is 0.352 e. The van der Waals surface area contributed by atoms with Crippen molar-refractivity contribution in [2.24, 2.45) is 5.41 Å². The number of halogens is 2. The maximum Gasteiger partial charge on any atom is 0.261 e. The van der Waals surface area contributed by atoms with Gasteiger partial charge in [-0.1, -0.05) is 36.7 Å². The highest BCUT2D eigenvalue weighted by atomic mass is 79.9. The first-order valence-electron chi connectivity index (χ1n) is 5.52. The van der Waals surface area contributed by atoms with Crippen LogP contribution in [0.25, 0.3) is 0 Å². The second kappa shape index (κ2) is 5.81. The summed E-state index contributed by atoms with van der Waals surface area (Å²) in [6.07, 6.45) is 0. The maximum absolute atomic E-state index is 12.0. The van der Waals surface area contributed by atoms with Crippen LogP contribution in [0.4, 0.5) is 0 Å². The molecule has 0 spiro atoms. The van der Waals surface area contributed by atoms with E-state index >= 15 is 0 Å². The van der Waals surface area contributed by atoms with E-state index in [9.17, 15) is 13.2 Å². The maximum atomic E-state index is 12.0. The predicted octanol–water partition coefficient (Wildman–Crippen LogP) is 3.15. The first kappa shape index (κ1) is 16.5. The molecule has 19 heavy (non-hydrogen) atoms. The van der Waals surface area contributed by atoms with Gasteiger partial charge in [0.1, 0.15) is 0 Å². The van der Waals surface area contributed by atoms with Crippen LogP contribution < -0.4 is 5.32 Å². The summed E-state index contributed by atoms with van der Waals surface area (Å²) in [4.78, 5) is 11.8. The number of hydrogen-bond donors (Lipinski definition) is 1. The fraction of sp³-hybridized carbons (Fsp3) is 0.417. The number of carbonyl (C=O) groups excluding carboxylic acids is 1. The van der Waals surface area contributed by atoms with E-state index in [2.05, 4.69) is 21.2 Å². The number of benzene rings is 1. The van der Waals surface area contributed by atoms with Gasteiger partial charge >= 0.3 is 0 Å². The van der Waals surface area contributed by atoms with Crippen molar-refractivity contribution in [3.63, 3.8) is 0 Å². The van der Waals surface area contributed by atoms with E-state index in [-0.39, 0.29) is 21.8 Å². The zero-order valence-electron chi connectivity index (χ0n) is 10.8. The average Bonchev–Trinajstić information content (AvgIpc) is 2.22. The van der Waals surface area contributed by atoms with Gasteiger partial charge in [0.25, 0.3) is 15.0 Å². The number of carbonyl (C=O) groups is 1. The lowest BCUT2D eigenvalue weighted by Gasteiger charge is -2.18. The molecule has 0 saturated carbocycles. The monoisotopic (exact) mass is 367 g/mol. The Kier molecular flexibility index (Phi) is 5.03. The van der Waals surface area contributed by atoms with Crippen molar-refractivity contribution < 1.29 is 13.2 Å². The molecule has 0 saturated heterocycles. The van der Waals surface area contributed by atoms with Gasteiger partial charge in [0.05, 0.1) is 4.90 Å². The van der Waals surface area contributed by atoms with Crippen LogP contribution in [-0.2, 0) is 9.05 Å². The Morgan fingerprint density at radius 2 is 1.89 bits per heavy atom. The fourth-order valence-corrected chi connectivity index (χ4v) is 2.73. The van der Waals surface area contributed by atoms with E-state index in [0.29, 0.717) is 11.0 Å². The van der Waals surface area contributed by atoms with E-state index in [1.165, 1.54) is 12.1 Å². The molecule has 0 aliphatic carbocycles. The molecule has 1 N–H and O–H groups in total. The third kappa shape index (κ3) is 5.50. The molecule has 0 atom stereocenters. The summed E-state index contributed by atoms with van der Waals surface area (Å²) in [5, 5.41) is 2.75. The van der Waals surface area contributed by atoms with E-state index in [4.69, 9.17) is 10.7 Å². The molecular formula is C12H15BrClNO3S. The molecule has 0 aliphatic heterocycles. The van der Waals surface area contributed by atoms with Crippen LogP contribution in [0.5, 0.6) is 0 Å². The number of amides is 1. The highest BCUT2D eigenvalue weighted by Crippen LogP contribution is 2.22. The summed E-state index contributed by atoms with van der Waals surface area (Å²) in [6.45, 7) is 6.45. The van der Waals surface area contributed by atoms with Gasteiger partial charge in [-0.3, -0.25) is 4.79 Å². The van der Waals surface area contributed by atoms with Crippen molar-refractivity contribution in [2.45, 2.75) is 25.7 Å². The lowest BCUT2D eigenvalue weighted by atomic mass is 9.97. The lowest BCUT2D eigenvalue weighted by Crippen LogP contribution is -2.32. The Bertz CT molecular complexity index is 593. The molecule has 7 heteroatoms. The SMILES string of the molecule is CC(C)(C)CNC(=O)c1cc(Br)cc(S(=O)(=O)Cl)c1. The van der Waals surface area contributed by atoms with Crippen molar-refractivity contribution in [3.8, 4) is 0 Å². The van der Waals surface area contributed by atoms with Gasteiger partial charge < -0.3 is 5.32 Å². The molecule has 0 aromatic heterocycles. The van der Waals surface area contributed by atoms with E-state index < -0.39 is 9.05 Å². The minimum absolute atomic E-state index is 0.0525. The average molecular weight is 369 g/mol. The summed E-state index contributed by atoms with van der Waals surface area (Å²) < 4.78 is 23.1. The van der Waals surface area contributed by atoms with Gasteiger partial charge in [-0.15, -0.1) is 0 Å². The van der Waals surface area contributed by atoms with Crippen molar-refractivity contribution in [1.82, 2.24) is 5.32 Å². The van der Waals surface area contributed by atoms with Crippen LogP contribution in [0.15, 0.2) is 27.6 Å². The molecule has 1 aromatic carbocycles. The summed E-state index contributed by atoms with van der Waals surface area (Å²) in [6, 6.07) is 4.15. The Labute approximate surface area is 126 Å². The minimum atomic E-state index is -3.86. The van der Waals surface area contributed by atoms with Gasteiger partial charge in [0.15, 0.2) is 0 Å². The van der Waals surface area contributed by atoms with E-state index in [0.717, 1.165) is 0 Å². The molecule has 0 unspecified atom stereocenters. The Morgan fingerprint density at radius 3 is 2.37 bits per heavy atom. The quantitative estimate of drug-likeness (QED) is 0.834. The standard InChI is InChI=1S/C12H15BrClNO3S/c1-12(2,3)7-15-11(16)8-4-9(13)6-10(5-8)19(14,17)18/h4-6H,7H2,1-3H3,(H,15,16). The second-order valence-corrected chi connectivity index (χ2v) is 8.84. The molecule has 0 bridgehead atoms. The normalized spacial score (nSPS) is 12.3. The molecule has 0 fully saturated rings. The Morgan fingerprint density at radius 1 is 1.32 bits per heavy atom. The highest BCUT2D eigenvalue weighted by molar-refractivity contribution is 9.10. The topological polar surface area (TPSA) is 63.2 Å². The summed E-state index contributed by atoms with van der Waals surface area (Å²) in [7, 11) is 1.41. The van der Waals surface area contributed by atoms with Gasteiger partial charge in [0, 0.05) is 27.3 Å². The minimum Gasteiger partial charge on any atom is -0.352 e. The molecule has 1 rings (SSSR count). The first-order chi connectivity index (χ1) is 8.49. The van der Waals surface area contributed by atoms with E-state index in [1.54, 1.807) is 6.07 Å². The van der Waals surface area contributed by atoms with Crippen molar-refractivity contribution in [1.29, 1.82) is 0 Å². The van der Waals surface area contributed by atoms with Crippen LogP contribution in [0.2, 0.25) is 0 Å². The Hall–Kier alpha value is -0.590.